The van der Waals surface area contributed by atoms with E-state index in [1.54, 1.807) is 7.05 Å². The maximum Gasteiger partial charge on any atom is 0.407 e. The third-order valence-electron chi connectivity index (χ3n) is 4.41. The van der Waals surface area contributed by atoms with Crippen LogP contribution in [0.15, 0.2) is 15.6 Å². The van der Waals surface area contributed by atoms with E-state index in [2.05, 4.69) is 26.1 Å². The summed E-state index contributed by atoms with van der Waals surface area (Å²) in [5, 5.41) is 13.6. The topological polar surface area (TPSA) is 101 Å². The molecule has 3 N–H and O–H groups in total. The molecule has 1 aromatic rings. The minimum absolute atomic E-state index is 0.162. The second-order valence-corrected chi connectivity index (χ2v) is 7.90. The van der Waals surface area contributed by atoms with Crippen LogP contribution in [0, 0.1) is 0 Å². The van der Waals surface area contributed by atoms with Crippen molar-refractivity contribution in [2.75, 3.05) is 7.05 Å². The fraction of sp³-hybridized carbons (Fsp3) is 0.737. The highest BCUT2D eigenvalue weighted by molar-refractivity contribution is 5.79. The van der Waals surface area contributed by atoms with Gasteiger partial charge in [0.2, 0.25) is 0 Å². The number of nitrogens with zero attached hydrogens (tertiary/aromatic N) is 2. The molecule has 0 aliphatic heterocycles. The maximum absolute atomic E-state index is 11.9. The molecule has 1 aliphatic rings. The SMILES string of the molecule is CCc1cc(CNC(=NC)NC2CCC(NC(=O)OC(C)(C)C)CC2)on1. The molecule has 0 unspecified atom stereocenters. The molecular formula is C19H33N5O3. The van der Waals surface area contributed by atoms with Crippen LogP contribution in [0.3, 0.4) is 0 Å². The largest absolute Gasteiger partial charge is 0.444 e. The molecule has 1 fully saturated rings. The lowest BCUT2D eigenvalue weighted by Gasteiger charge is -2.31. The van der Waals surface area contributed by atoms with Crippen LogP contribution in [0.2, 0.25) is 0 Å². The average Bonchev–Trinajstić information content (AvgIpc) is 3.06. The Hall–Kier alpha value is -2.25. The van der Waals surface area contributed by atoms with Crippen molar-refractivity contribution in [2.24, 2.45) is 4.99 Å². The molecule has 0 saturated heterocycles. The lowest BCUT2D eigenvalue weighted by molar-refractivity contribution is 0.0490. The van der Waals surface area contributed by atoms with Crippen LogP contribution < -0.4 is 16.0 Å². The molecule has 8 heteroatoms. The zero-order valence-electron chi connectivity index (χ0n) is 17.1. The molecule has 1 aromatic heterocycles. The van der Waals surface area contributed by atoms with Crippen molar-refractivity contribution in [3.63, 3.8) is 0 Å². The molecular weight excluding hydrogens is 346 g/mol. The van der Waals surface area contributed by atoms with E-state index in [1.165, 1.54) is 0 Å². The van der Waals surface area contributed by atoms with E-state index in [4.69, 9.17) is 9.26 Å². The van der Waals surface area contributed by atoms with Crippen LogP contribution >= 0.6 is 0 Å². The van der Waals surface area contributed by atoms with Gasteiger partial charge in [-0.2, -0.15) is 0 Å². The van der Waals surface area contributed by atoms with Crippen LogP contribution in [-0.2, 0) is 17.7 Å². The predicted molar refractivity (Wildman–Crippen MR) is 105 cm³/mol. The summed E-state index contributed by atoms with van der Waals surface area (Å²) >= 11 is 0. The molecule has 27 heavy (non-hydrogen) atoms. The van der Waals surface area contributed by atoms with Gasteiger partial charge in [-0.3, -0.25) is 4.99 Å². The number of ether oxygens (including phenoxy) is 1. The molecule has 1 heterocycles. The first-order valence-electron chi connectivity index (χ1n) is 9.70. The number of hydrogen-bond donors (Lipinski definition) is 3. The van der Waals surface area contributed by atoms with Gasteiger partial charge in [-0.15, -0.1) is 0 Å². The fourth-order valence-corrected chi connectivity index (χ4v) is 3.02. The molecule has 1 aliphatic carbocycles. The molecule has 0 radical (unpaired) electrons. The van der Waals surface area contributed by atoms with Gasteiger partial charge in [-0.05, 0) is 52.9 Å². The summed E-state index contributed by atoms with van der Waals surface area (Å²) < 4.78 is 10.6. The molecule has 0 atom stereocenters. The number of carbonyl (C=O) groups is 1. The van der Waals surface area contributed by atoms with Crippen LogP contribution in [0.1, 0.15) is 64.8 Å². The quantitative estimate of drug-likeness (QED) is 0.537. The molecule has 152 valence electrons. The van der Waals surface area contributed by atoms with E-state index in [0.717, 1.165) is 49.5 Å². The summed E-state index contributed by atoms with van der Waals surface area (Å²) in [7, 11) is 1.75. The Bertz CT molecular complexity index is 628. The standard InChI is InChI=1S/C19H33N5O3/c1-6-13-11-16(27-24-13)12-21-17(20-5)22-14-7-9-15(10-8-14)23-18(25)26-19(2,3)4/h11,14-15H,6-10,12H2,1-5H3,(H,23,25)(H2,20,21,22). The van der Waals surface area contributed by atoms with Crippen molar-refractivity contribution in [3.05, 3.63) is 17.5 Å². The van der Waals surface area contributed by atoms with E-state index < -0.39 is 5.60 Å². The van der Waals surface area contributed by atoms with Crippen LogP contribution in [0.25, 0.3) is 0 Å². The third-order valence-corrected chi connectivity index (χ3v) is 4.41. The Kier molecular flexibility index (Phi) is 7.50. The molecule has 0 spiro atoms. The average molecular weight is 380 g/mol. The van der Waals surface area contributed by atoms with Crippen molar-refractivity contribution >= 4 is 12.1 Å². The Balaban J connectivity index is 1.71. The highest BCUT2D eigenvalue weighted by Crippen LogP contribution is 2.19. The lowest BCUT2D eigenvalue weighted by atomic mass is 9.91. The van der Waals surface area contributed by atoms with Crippen molar-refractivity contribution in [1.82, 2.24) is 21.1 Å². The highest BCUT2D eigenvalue weighted by atomic mass is 16.6. The van der Waals surface area contributed by atoms with Crippen LogP contribution in [0.5, 0.6) is 0 Å². The zero-order valence-corrected chi connectivity index (χ0v) is 17.1. The molecule has 2 rings (SSSR count). The predicted octanol–water partition coefficient (Wildman–Crippen LogP) is 2.74. The minimum Gasteiger partial charge on any atom is -0.444 e. The second-order valence-electron chi connectivity index (χ2n) is 7.90. The third kappa shape index (κ3) is 7.48. The number of hydrogen-bond acceptors (Lipinski definition) is 5. The first-order valence-corrected chi connectivity index (χ1v) is 9.70. The Morgan fingerprint density at radius 2 is 1.89 bits per heavy atom. The number of guanidine groups is 1. The van der Waals surface area contributed by atoms with Crippen molar-refractivity contribution in [3.8, 4) is 0 Å². The summed E-state index contributed by atoms with van der Waals surface area (Å²) in [5.74, 6) is 1.54. The van der Waals surface area contributed by atoms with Crippen molar-refractivity contribution in [2.45, 2.75) is 84.0 Å². The van der Waals surface area contributed by atoms with Gasteiger partial charge in [0, 0.05) is 25.2 Å². The van der Waals surface area contributed by atoms with Gasteiger partial charge >= 0.3 is 6.09 Å². The van der Waals surface area contributed by atoms with Gasteiger partial charge in [-0.1, -0.05) is 12.1 Å². The van der Waals surface area contributed by atoms with Gasteiger partial charge in [0.05, 0.1) is 12.2 Å². The van der Waals surface area contributed by atoms with Gasteiger partial charge in [0.1, 0.15) is 5.60 Å². The normalized spacial score (nSPS) is 20.9. The number of nitrogens with one attached hydrogen (secondary N) is 3. The number of aliphatic imine (C=N–C) groups is 1. The highest BCUT2D eigenvalue weighted by Gasteiger charge is 2.25. The number of rotatable bonds is 5. The Morgan fingerprint density at radius 1 is 1.26 bits per heavy atom. The van der Waals surface area contributed by atoms with E-state index in [0.29, 0.717) is 12.6 Å². The number of amides is 1. The summed E-state index contributed by atoms with van der Waals surface area (Å²) in [5.41, 5.74) is 0.480. The zero-order chi connectivity index (χ0) is 19.9. The molecule has 0 aromatic carbocycles. The molecule has 8 nitrogen and oxygen atoms in total. The van der Waals surface area contributed by atoms with Crippen LogP contribution in [-0.4, -0.2) is 41.9 Å². The summed E-state index contributed by atoms with van der Waals surface area (Å²) in [6, 6.07) is 2.44. The van der Waals surface area contributed by atoms with Crippen molar-refractivity contribution < 1.29 is 14.1 Å². The van der Waals surface area contributed by atoms with E-state index in [9.17, 15) is 4.79 Å². The number of carbonyl (C=O) groups excluding carboxylic acids is 1. The summed E-state index contributed by atoms with van der Waals surface area (Å²) in [6.07, 6.45) is 4.27. The van der Waals surface area contributed by atoms with Gasteiger partial charge in [0.25, 0.3) is 0 Å². The first kappa shape index (κ1) is 21.1. The summed E-state index contributed by atoms with van der Waals surface area (Å²) in [4.78, 5) is 16.2. The maximum atomic E-state index is 11.9. The fourth-order valence-electron chi connectivity index (χ4n) is 3.02. The molecule has 0 bridgehead atoms. The number of aromatic nitrogens is 1. The Labute approximate surface area is 161 Å². The number of aryl methyl sites for hydroxylation is 1. The lowest BCUT2D eigenvalue weighted by Crippen LogP contribution is -2.47. The van der Waals surface area contributed by atoms with Crippen molar-refractivity contribution in [1.29, 1.82) is 0 Å². The van der Waals surface area contributed by atoms with E-state index >= 15 is 0 Å². The van der Waals surface area contributed by atoms with Crippen LogP contribution in [0.4, 0.5) is 4.79 Å². The number of alkyl carbamates (subject to hydrolysis) is 1. The Morgan fingerprint density at radius 3 is 2.41 bits per heavy atom. The second kappa shape index (κ2) is 9.62. The molecule has 1 amide bonds. The minimum atomic E-state index is -0.470. The summed E-state index contributed by atoms with van der Waals surface area (Å²) in [6.45, 7) is 8.20. The van der Waals surface area contributed by atoms with Gasteiger partial charge < -0.3 is 25.2 Å². The van der Waals surface area contributed by atoms with E-state index in [1.807, 2.05) is 33.8 Å². The smallest absolute Gasteiger partial charge is 0.407 e. The van der Waals surface area contributed by atoms with Gasteiger partial charge in [0.15, 0.2) is 11.7 Å². The first-order chi connectivity index (χ1) is 12.8. The van der Waals surface area contributed by atoms with E-state index in [-0.39, 0.29) is 12.1 Å². The van der Waals surface area contributed by atoms with Gasteiger partial charge in [-0.25, -0.2) is 4.79 Å². The monoisotopic (exact) mass is 379 g/mol. The molecule has 1 saturated carbocycles.